The Morgan fingerprint density at radius 1 is 1.50 bits per heavy atom. The van der Waals surface area contributed by atoms with E-state index < -0.39 is 0 Å². The first-order valence-corrected chi connectivity index (χ1v) is 6.08. The summed E-state index contributed by atoms with van der Waals surface area (Å²) >= 11 is 0. The van der Waals surface area contributed by atoms with Gasteiger partial charge in [0.05, 0.1) is 25.0 Å². The highest BCUT2D eigenvalue weighted by Crippen LogP contribution is 2.31. The normalized spacial score (nSPS) is 21.4. The lowest BCUT2D eigenvalue weighted by molar-refractivity contribution is 0.349. The molecule has 0 bridgehead atoms. The molecule has 0 spiro atoms. The van der Waals surface area contributed by atoms with Gasteiger partial charge in [-0.2, -0.15) is 5.10 Å². The van der Waals surface area contributed by atoms with E-state index in [0.29, 0.717) is 12.1 Å². The van der Waals surface area contributed by atoms with Gasteiger partial charge in [-0.05, 0) is 33.2 Å². The Hall–Kier alpha value is -1.03. The summed E-state index contributed by atoms with van der Waals surface area (Å²) in [6.07, 6.45) is 5.55. The molecule has 0 aliphatic carbocycles. The Labute approximate surface area is 97.0 Å². The van der Waals surface area contributed by atoms with Crippen LogP contribution in [0.3, 0.4) is 0 Å². The van der Waals surface area contributed by atoms with Crippen LogP contribution < -0.4 is 10.1 Å². The second kappa shape index (κ2) is 4.87. The molecular formula is C12H21N3O. The van der Waals surface area contributed by atoms with E-state index in [4.69, 9.17) is 4.74 Å². The lowest BCUT2D eigenvalue weighted by atomic mass is 10.0. The molecule has 0 aromatic carbocycles. The maximum absolute atomic E-state index is 5.41. The zero-order valence-electron chi connectivity index (χ0n) is 10.4. The van der Waals surface area contributed by atoms with E-state index in [9.17, 15) is 0 Å². The molecule has 1 aromatic rings. The van der Waals surface area contributed by atoms with E-state index in [0.717, 1.165) is 12.3 Å². The first-order valence-electron chi connectivity index (χ1n) is 6.08. The van der Waals surface area contributed by atoms with E-state index in [-0.39, 0.29) is 0 Å². The summed E-state index contributed by atoms with van der Waals surface area (Å²) in [4.78, 5) is 0. The Bertz CT molecular complexity index is 340. The average Bonchev–Trinajstić information content (AvgIpc) is 2.73. The lowest BCUT2D eigenvalue weighted by Crippen LogP contribution is -2.29. The largest absolute Gasteiger partial charge is 0.493 e. The molecule has 1 aliphatic heterocycles. The molecule has 1 N–H and O–H groups in total. The van der Waals surface area contributed by atoms with E-state index >= 15 is 0 Å². The third-order valence-electron chi connectivity index (χ3n) is 3.15. The molecule has 90 valence electrons. The minimum Gasteiger partial charge on any atom is -0.493 e. The van der Waals surface area contributed by atoms with Gasteiger partial charge in [0.25, 0.3) is 0 Å². The third-order valence-corrected chi connectivity index (χ3v) is 3.15. The van der Waals surface area contributed by atoms with Crippen LogP contribution in [0.5, 0.6) is 5.75 Å². The van der Waals surface area contributed by atoms with Gasteiger partial charge in [0.1, 0.15) is 0 Å². The molecule has 0 saturated carbocycles. The zero-order valence-corrected chi connectivity index (χ0v) is 10.4. The molecule has 1 aliphatic rings. The van der Waals surface area contributed by atoms with Crippen LogP contribution in [0.1, 0.15) is 50.9 Å². The molecule has 2 heterocycles. The Morgan fingerprint density at radius 3 is 2.88 bits per heavy atom. The molecule has 0 radical (unpaired) electrons. The molecule has 4 nitrogen and oxygen atoms in total. The topological polar surface area (TPSA) is 39.1 Å². The van der Waals surface area contributed by atoms with Crippen molar-refractivity contribution in [1.29, 1.82) is 0 Å². The maximum atomic E-state index is 5.41. The van der Waals surface area contributed by atoms with Crippen molar-refractivity contribution >= 4 is 0 Å². The molecule has 1 atom stereocenters. The van der Waals surface area contributed by atoms with Crippen molar-refractivity contribution in [3.8, 4) is 5.75 Å². The number of methoxy groups -OCH3 is 1. The molecule has 4 heteroatoms. The summed E-state index contributed by atoms with van der Waals surface area (Å²) in [6.45, 7) is 5.40. The minimum absolute atomic E-state index is 0.377. The number of nitrogens with one attached hydrogen (secondary N) is 1. The van der Waals surface area contributed by atoms with Gasteiger partial charge >= 0.3 is 0 Å². The molecular weight excluding hydrogens is 202 g/mol. The number of piperidine rings is 1. The predicted octanol–water partition coefficient (Wildman–Crippen LogP) is 2.29. The molecule has 1 saturated heterocycles. The van der Waals surface area contributed by atoms with Gasteiger partial charge < -0.3 is 10.1 Å². The third kappa shape index (κ3) is 2.07. The van der Waals surface area contributed by atoms with E-state index in [1.807, 2.05) is 6.20 Å². The first kappa shape index (κ1) is 11.5. The fourth-order valence-electron chi connectivity index (χ4n) is 2.34. The molecule has 1 aromatic heterocycles. The zero-order chi connectivity index (χ0) is 11.5. The summed E-state index contributed by atoms with van der Waals surface area (Å²) < 4.78 is 7.48. The fourth-order valence-corrected chi connectivity index (χ4v) is 2.34. The summed E-state index contributed by atoms with van der Waals surface area (Å²) in [5, 5.41) is 7.96. The SMILES string of the molecule is COc1cnn(C(C)C)c1C1CCCCN1. The lowest BCUT2D eigenvalue weighted by Gasteiger charge is -2.26. The van der Waals surface area contributed by atoms with Gasteiger partial charge in [0.15, 0.2) is 5.75 Å². The molecule has 2 rings (SSSR count). The summed E-state index contributed by atoms with van der Waals surface area (Å²) in [5.74, 6) is 0.910. The highest BCUT2D eigenvalue weighted by atomic mass is 16.5. The summed E-state index contributed by atoms with van der Waals surface area (Å²) in [7, 11) is 1.72. The van der Waals surface area contributed by atoms with Crippen LogP contribution in [0.25, 0.3) is 0 Å². The van der Waals surface area contributed by atoms with Gasteiger partial charge in [-0.3, -0.25) is 4.68 Å². The van der Waals surface area contributed by atoms with Crippen molar-refractivity contribution in [1.82, 2.24) is 15.1 Å². The van der Waals surface area contributed by atoms with Gasteiger partial charge in [0.2, 0.25) is 0 Å². The van der Waals surface area contributed by atoms with Crippen LogP contribution in [-0.4, -0.2) is 23.4 Å². The number of hydrogen-bond acceptors (Lipinski definition) is 3. The first-order chi connectivity index (χ1) is 7.74. The monoisotopic (exact) mass is 223 g/mol. The summed E-state index contributed by atoms with van der Waals surface area (Å²) in [6, 6.07) is 0.774. The van der Waals surface area contributed by atoms with Gasteiger partial charge in [-0.25, -0.2) is 0 Å². The van der Waals surface area contributed by atoms with E-state index in [2.05, 4.69) is 28.9 Å². The van der Waals surface area contributed by atoms with Crippen LogP contribution in [0.15, 0.2) is 6.20 Å². The van der Waals surface area contributed by atoms with Gasteiger partial charge in [-0.15, -0.1) is 0 Å². The Balaban J connectivity index is 2.31. The van der Waals surface area contributed by atoms with Crippen LogP contribution in [0.4, 0.5) is 0 Å². The Kier molecular flexibility index (Phi) is 3.49. The van der Waals surface area contributed by atoms with Crippen molar-refractivity contribution in [2.75, 3.05) is 13.7 Å². The average molecular weight is 223 g/mol. The fraction of sp³-hybridized carbons (Fsp3) is 0.750. The molecule has 1 unspecified atom stereocenters. The highest BCUT2D eigenvalue weighted by Gasteiger charge is 2.24. The van der Waals surface area contributed by atoms with E-state index in [1.165, 1.54) is 25.0 Å². The second-order valence-corrected chi connectivity index (χ2v) is 4.64. The van der Waals surface area contributed by atoms with Crippen LogP contribution in [0, 0.1) is 0 Å². The van der Waals surface area contributed by atoms with Gasteiger partial charge in [-0.1, -0.05) is 6.42 Å². The number of rotatable bonds is 3. The van der Waals surface area contributed by atoms with Crippen molar-refractivity contribution in [3.63, 3.8) is 0 Å². The number of aromatic nitrogens is 2. The smallest absolute Gasteiger partial charge is 0.161 e. The summed E-state index contributed by atoms with van der Waals surface area (Å²) in [5.41, 5.74) is 1.21. The quantitative estimate of drug-likeness (QED) is 0.854. The molecule has 1 fully saturated rings. The van der Waals surface area contributed by atoms with Crippen molar-refractivity contribution in [3.05, 3.63) is 11.9 Å². The van der Waals surface area contributed by atoms with Crippen LogP contribution >= 0.6 is 0 Å². The molecule has 16 heavy (non-hydrogen) atoms. The van der Waals surface area contributed by atoms with Crippen LogP contribution in [0.2, 0.25) is 0 Å². The Morgan fingerprint density at radius 2 is 2.31 bits per heavy atom. The van der Waals surface area contributed by atoms with Crippen molar-refractivity contribution in [2.24, 2.45) is 0 Å². The molecule has 0 amide bonds. The number of hydrogen-bond donors (Lipinski definition) is 1. The van der Waals surface area contributed by atoms with E-state index in [1.54, 1.807) is 7.11 Å². The number of nitrogens with zero attached hydrogens (tertiary/aromatic N) is 2. The number of ether oxygens (including phenoxy) is 1. The van der Waals surface area contributed by atoms with Crippen molar-refractivity contribution in [2.45, 2.75) is 45.2 Å². The highest BCUT2D eigenvalue weighted by molar-refractivity contribution is 5.29. The van der Waals surface area contributed by atoms with Crippen LogP contribution in [-0.2, 0) is 0 Å². The second-order valence-electron chi connectivity index (χ2n) is 4.64. The standard InChI is InChI=1S/C12H21N3O/c1-9(2)15-12(11(16-3)8-14-15)10-6-4-5-7-13-10/h8-10,13H,4-7H2,1-3H3. The maximum Gasteiger partial charge on any atom is 0.161 e. The van der Waals surface area contributed by atoms with Crippen molar-refractivity contribution < 1.29 is 4.74 Å². The predicted molar refractivity (Wildman–Crippen MR) is 63.8 cm³/mol. The minimum atomic E-state index is 0.377. The van der Waals surface area contributed by atoms with Gasteiger partial charge in [0, 0.05) is 6.04 Å².